The number of carbonyl (C=O) groups is 2. The predicted molar refractivity (Wildman–Crippen MR) is 123 cm³/mol. The van der Waals surface area contributed by atoms with Gasteiger partial charge in [0.1, 0.15) is 6.54 Å². The second-order valence-corrected chi connectivity index (χ2v) is 8.90. The summed E-state index contributed by atoms with van der Waals surface area (Å²) in [4.78, 5) is 27.6. The van der Waals surface area contributed by atoms with Crippen molar-refractivity contribution in [3.05, 3.63) is 64.9 Å². The molecule has 1 fully saturated rings. The van der Waals surface area contributed by atoms with Crippen molar-refractivity contribution in [2.75, 3.05) is 11.4 Å². The lowest BCUT2D eigenvalue weighted by Gasteiger charge is -2.35. The van der Waals surface area contributed by atoms with Crippen molar-refractivity contribution in [2.24, 2.45) is 11.8 Å². The molecular formula is C25H27ClN2O3. The number of nitrogens with zero attached hydrogens (tertiary/aromatic N) is 1. The molecule has 31 heavy (non-hydrogen) atoms. The van der Waals surface area contributed by atoms with Crippen molar-refractivity contribution in [2.45, 2.75) is 39.2 Å². The Balaban J connectivity index is 1.57. The van der Waals surface area contributed by atoms with Gasteiger partial charge in [0.2, 0.25) is 5.91 Å². The third-order valence-corrected chi connectivity index (χ3v) is 6.57. The fraction of sp³-hybridized carbons (Fsp3) is 0.360. The highest BCUT2D eigenvalue weighted by atomic mass is 35.5. The highest BCUT2D eigenvalue weighted by Gasteiger charge is 2.33. The molecule has 5 nitrogen and oxygen atoms in total. The van der Waals surface area contributed by atoms with E-state index in [0.717, 1.165) is 18.4 Å². The Bertz CT molecular complexity index is 1020. The molecule has 1 aliphatic heterocycles. The van der Waals surface area contributed by atoms with E-state index in [9.17, 15) is 9.59 Å². The summed E-state index contributed by atoms with van der Waals surface area (Å²) >= 11 is 6.07. The number of halogens is 1. The number of ether oxygens (including phenoxy) is 1. The van der Waals surface area contributed by atoms with E-state index in [1.807, 2.05) is 24.3 Å². The number of hydrogen-bond donors (Lipinski definition) is 1. The lowest BCUT2D eigenvalue weighted by atomic mass is 9.78. The van der Waals surface area contributed by atoms with Crippen LogP contribution in [-0.2, 0) is 9.59 Å². The molecule has 0 saturated heterocycles. The van der Waals surface area contributed by atoms with Crippen molar-refractivity contribution in [1.29, 1.82) is 0 Å². The van der Waals surface area contributed by atoms with Gasteiger partial charge in [-0.05, 0) is 54.2 Å². The molecule has 4 rings (SSSR count). The van der Waals surface area contributed by atoms with E-state index in [1.54, 1.807) is 30.3 Å². The van der Waals surface area contributed by atoms with Gasteiger partial charge >= 0.3 is 0 Å². The van der Waals surface area contributed by atoms with Crippen molar-refractivity contribution in [3.63, 3.8) is 0 Å². The normalized spacial score (nSPS) is 24.5. The zero-order chi connectivity index (χ0) is 22.0. The SMILES string of the molecule is C[C@@H]1[C@H](C)CCC[C@H]1NC(=O)CN1C(=O)/C(=C\c2cccc(Cl)c2)Oc2ccccc21. The number of rotatable bonds is 4. The smallest absolute Gasteiger partial charge is 0.294 e. The molecule has 0 radical (unpaired) electrons. The minimum atomic E-state index is -0.348. The van der Waals surface area contributed by atoms with Gasteiger partial charge in [-0.3, -0.25) is 14.5 Å². The number of amides is 2. The van der Waals surface area contributed by atoms with Crippen LogP contribution in [0.4, 0.5) is 5.69 Å². The Labute approximate surface area is 188 Å². The molecule has 1 aliphatic carbocycles. The molecule has 0 bridgehead atoms. The molecule has 2 aliphatic rings. The lowest BCUT2D eigenvalue weighted by Crippen LogP contribution is -2.49. The molecular weight excluding hydrogens is 412 g/mol. The Morgan fingerprint density at radius 2 is 2.00 bits per heavy atom. The Hall–Kier alpha value is -2.79. The van der Waals surface area contributed by atoms with Gasteiger partial charge in [-0.1, -0.05) is 62.6 Å². The van der Waals surface area contributed by atoms with Crippen LogP contribution in [0.2, 0.25) is 5.02 Å². The zero-order valence-corrected chi connectivity index (χ0v) is 18.6. The fourth-order valence-electron chi connectivity index (χ4n) is 4.35. The maximum absolute atomic E-state index is 13.2. The zero-order valence-electron chi connectivity index (χ0n) is 17.8. The number of anilines is 1. The van der Waals surface area contributed by atoms with Crippen molar-refractivity contribution >= 4 is 35.2 Å². The van der Waals surface area contributed by atoms with Crippen LogP contribution < -0.4 is 15.0 Å². The van der Waals surface area contributed by atoms with E-state index < -0.39 is 0 Å². The van der Waals surface area contributed by atoms with Crippen LogP contribution in [0.25, 0.3) is 6.08 Å². The van der Waals surface area contributed by atoms with Crippen molar-refractivity contribution < 1.29 is 14.3 Å². The maximum atomic E-state index is 13.2. The number of benzene rings is 2. The number of nitrogens with one attached hydrogen (secondary N) is 1. The average molecular weight is 439 g/mol. The lowest BCUT2D eigenvalue weighted by molar-refractivity contribution is -0.124. The van der Waals surface area contributed by atoms with Crippen LogP contribution in [0.3, 0.4) is 0 Å². The third kappa shape index (κ3) is 4.77. The van der Waals surface area contributed by atoms with Crippen LogP contribution >= 0.6 is 11.6 Å². The van der Waals surface area contributed by atoms with Gasteiger partial charge in [-0.25, -0.2) is 0 Å². The first-order valence-electron chi connectivity index (χ1n) is 10.8. The monoisotopic (exact) mass is 438 g/mol. The van der Waals surface area contributed by atoms with Gasteiger partial charge in [0.25, 0.3) is 5.91 Å². The van der Waals surface area contributed by atoms with E-state index in [2.05, 4.69) is 19.2 Å². The predicted octanol–water partition coefficient (Wildman–Crippen LogP) is 5.05. The molecule has 0 aromatic heterocycles. The fourth-order valence-corrected chi connectivity index (χ4v) is 4.55. The van der Waals surface area contributed by atoms with Crippen LogP contribution in [0.15, 0.2) is 54.3 Å². The highest BCUT2D eigenvalue weighted by Crippen LogP contribution is 2.36. The number of para-hydroxylation sites is 2. The summed E-state index contributed by atoms with van der Waals surface area (Å²) in [5, 5.41) is 3.73. The first-order chi connectivity index (χ1) is 14.9. The molecule has 0 unspecified atom stereocenters. The van der Waals surface area contributed by atoms with Gasteiger partial charge in [-0.2, -0.15) is 0 Å². The number of fused-ring (bicyclic) bond motifs is 1. The molecule has 2 aromatic rings. The Morgan fingerprint density at radius 1 is 1.19 bits per heavy atom. The summed E-state index contributed by atoms with van der Waals surface area (Å²) in [6, 6.07) is 14.6. The molecule has 1 N–H and O–H groups in total. The van der Waals surface area contributed by atoms with E-state index >= 15 is 0 Å². The molecule has 1 heterocycles. The first kappa shape index (κ1) is 21.4. The highest BCUT2D eigenvalue weighted by molar-refractivity contribution is 6.30. The van der Waals surface area contributed by atoms with Crippen LogP contribution in [-0.4, -0.2) is 24.4 Å². The van der Waals surface area contributed by atoms with E-state index in [0.29, 0.717) is 28.3 Å². The van der Waals surface area contributed by atoms with Gasteiger partial charge < -0.3 is 10.1 Å². The molecule has 2 aromatic carbocycles. The molecule has 2 amide bonds. The minimum absolute atomic E-state index is 0.0519. The van der Waals surface area contributed by atoms with Gasteiger partial charge in [0.15, 0.2) is 11.5 Å². The second kappa shape index (κ2) is 9.15. The summed E-state index contributed by atoms with van der Waals surface area (Å²) in [6.45, 7) is 4.37. The largest absolute Gasteiger partial charge is 0.449 e. The third-order valence-electron chi connectivity index (χ3n) is 6.33. The van der Waals surface area contributed by atoms with E-state index in [1.165, 1.54) is 11.3 Å². The summed E-state index contributed by atoms with van der Waals surface area (Å²) < 4.78 is 5.88. The van der Waals surface area contributed by atoms with E-state index in [-0.39, 0.29) is 30.2 Å². The topological polar surface area (TPSA) is 58.6 Å². The maximum Gasteiger partial charge on any atom is 0.294 e. The quantitative estimate of drug-likeness (QED) is 0.679. The Morgan fingerprint density at radius 3 is 2.81 bits per heavy atom. The van der Waals surface area contributed by atoms with Crippen LogP contribution in [0, 0.1) is 11.8 Å². The minimum Gasteiger partial charge on any atom is -0.449 e. The summed E-state index contributed by atoms with van der Waals surface area (Å²) in [6.07, 6.45) is 4.94. The first-order valence-corrected chi connectivity index (χ1v) is 11.2. The average Bonchev–Trinajstić information content (AvgIpc) is 2.74. The van der Waals surface area contributed by atoms with E-state index in [4.69, 9.17) is 16.3 Å². The van der Waals surface area contributed by atoms with Crippen LogP contribution in [0.5, 0.6) is 5.75 Å². The van der Waals surface area contributed by atoms with Gasteiger partial charge in [-0.15, -0.1) is 0 Å². The van der Waals surface area contributed by atoms with Gasteiger partial charge in [0.05, 0.1) is 5.69 Å². The van der Waals surface area contributed by atoms with Gasteiger partial charge in [0, 0.05) is 11.1 Å². The number of carbonyl (C=O) groups excluding carboxylic acids is 2. The van der Waals surface area contributed by atoms with Crippen LogP contribution in [0.1, 0.15) is 38.7 Å². The Kier molecular flexibility index (Phi) is 6.33. The summed E-state index contributed by atoms with van der Waals surface area (Å²) in [5.41, 5.74) is 1.35. The molecule has 6 heteroatoms. The standard InChI is InChI=1S/C25H27ClN2O3/c1-16-7-5-10-20(17(16)2)27-24(29)15-28-21-11-3-4-12-22(21)31-23(25(28)30)14-18-8-6-9-19(26)13-18/h3-4,6,8-9,11-14,16-17,20H,5,7,10,15H2,1-2H3,(H,27,29)/b23-14+/t16-,17-,20-/m1/s1. The molecule has 162 valence electrons. The number of hydrogen-bond acceptors (Lipinski definition) is 3. The summed E-state index contributed by atoms with van der Waals surface area (Å²) in [7, 11) is 0. The summed E-state index contributed by atoms with van der Waals surface area (Å²) in [5.74, 6) is 1.20. The molecule has 3 atom stereocenters. The molecule has 0 spiro atoms. The van der Waals surface area contributed by atoms with Crippen molar-refractivity contribution in [1.82, 2.24) is 5.32 Å². The molecule has 1 saturated carbocycles. The second-order valence-electron chi connectivity index (χ2n) is 8.47. The van der Waals surface area contributed by atoms with Crippen molar-refractivity contribution in [3.8, 4) is 5.75 Å².